The second kappa shape index (κ2) is 5.61. The summed E-state index contributed by atoms with van der Waals surface area (Å²) in [6, 6.07) is 12.4. The van der Waals surface area contributed by atoms with E-state index in [0.29, 0.717) is 5.69 Å². The van der Waals surface area contributed by atoms with E-state index in [1.165, 1.54) is 12.1 Å². The molecule has 0 aliphatic carbocycles. The molecule has 0 amide bonds. The molecule has 0 saturated heterocycles. The van der Waals surface area contributed by atoms with Gasteiger partial charge in [-0.2, -0.15) is 0 Å². The number of fused-ring (bicyclic) bond motifs is 1. The van der Waals surface area contributed by atoms with Gasteiger partial charge >= 0.3 is 0 Å². The van der Waals surface area contributed by atoms with Gasteiger partial charge in [0.1, 0.15) is 5.02 Å². The minimum Gasteiger partial charge on any atom is -0.355 e. The van der Waals surface area contributed by atoms with Gasteiger partial charge in [0, 0.05) is 29.0 Å². The monoisotopic (exact) mass is 313 g/mol. The lowest BCUT2D eigenvalue weighted by molar-refractivity contribution is -0.384. The van der Waals surface area contributed by atoms with E-state index in [4.69, 9.17) is 11.6 Å². The largest absolute Gasteiger partial charge is 0.355 e. The number of nitrogens with zero attached hydrogens (tertiary/aromatic N) is 2. The van der Waals surface area contributed by atoms with Crippen molar-refractivity contribution in [3.63, 3.8) is 0 Å². The third-order valence-electron chi connectivity index (χ3n) is 3.32. The number of rotatable bonds is 3. The molecule has 0 radical (unpaired) electrons. The maximum absolute atomic E-state index is 11.0. The van der Waals surface area contributed by atoms with E-state index in [1.807, 2.05) is 31.2 Å². The second-order valence-corrected chi connectivity index (χ2v) is 5.33. The van der Waals surface area contributed by atoms with Crippen molar-refractivity contribution in [1.29, 1.82) is 0 Å². The van der Waals surface area contributed by atoms with Crippen LogP contribution in [0.4, 0.5) is 17.1 Å². The molecule has 1 N–H and O–H groups in total. The molecule has 1 aromatic heterocycles. The molecule has 6 heteroatoms. The number of aryl methyl sites for hydroxylation is 1. The van der Waals surface area contributed by atoms with Crippen LogP contribution in [0.15, 0.2) is 48.7 Å². The Kier molecular flexibility index (Phi) is 3.65. The van der Waals surface area contributed by atoms with Crippen molar-refractivity contribution < 1.29 is 4.92 Å². The number of benzene rings is 2. The van der Waals surface area contributed by atoms with Gasteiger partial charge in [0.25, 0.3) is 5.69 Å². The van der Waals surface area contributed by atoms with Crippen molar-refractivity contribution in [2.45, 2.75) is 6.92 Å². The maximum Gasteiger partial charge on any atom is 0.289 e. The molecule has 0 fully saturated rings. The molecule has 3 rings (SSSR count). The number of nitro groups is 1. The van der Waals surface area contributed by atoms with E-state index in [0.717, 1.165) is 22.2 Å². The number of pyridine rings is 1. The average molecular weight is 314 g/mol. The summed E-state index contributed by atoms with van der Waals surface area (Å²) in [6.45, 7) is 2.00. The zero-order valence-corrected chi connectivity index (χ0v) is 12.5. The Bertz CT molecular complexity index is 880. The van der Waals surface area contributed by atoms with E-state index in [-0.39, 0.29) is 10.7 Å². The maximum atomic E-state index is 11.0. The number of hydrogen-bond donors (Lipinski definition) is 1. The van der Waals surface area contributed by atoms with Gasteiger partial charge in [0.15, 0.2) is 0 Å². The molecule has 22 heavy (non-hydrogen) atoms. The second-order valence-electron chi connectivity index (χ2n) is 4.93. The Labute approximate surface area is 131 Å². The van der Waals surface area contributed by atoms with Gasteiger partial charge in [-0.3, -0.25) is 15.1 Å². The molecule has 0 aliphatic rings. The molecule has 0 saturated carbocycles. The third-order valence-corrected chi connectivity index (χ3v) is 3.64. The van der Waals surface area contributed by atoms with E-state index in [2.05, 4.69) is 10.3 Å². The summed E-state index contributed by atoms with van der Waals surface area (Å²) < 4.78 is 0. The van der Waals surface area contributed by atoms with Gasteiger partial charge in [-0.25, -0.2) is 0 Å². The Morgan fingerprint density at radius 2 is 2.00 bits per heavy atom. The van der Waals surface area contributed by atoms with Crippen LogP contribution in [0.3, 0.4) is 0 Å². The van der Waals surface area contributed by atoms with Gasteiger partial charge in [0.2, 0.25) is 0 Å². The van der Waals surface area contributed by atoms with Crippen LogP contribution in [0.5, 0.6) is 0 Å². The number of nitro benzene ring substituents is 1. The van der Waals surface area contributed by atoms with Crippen LogP contribution in [-0.4, -0.2) is 9.91 Å². The minimum atomic E-state index is -0.498. The summed E-state index contributed by atoms with van der Waals surface area (Å²) in [7, 11) is 0. The molecule has 0 aliphatic heterocycles. The first-order chi connectivity index (χ1) is 10.5. The van der Waals surface area contributed by atoms with E-state index >= 15 is 0 Å². The zero-order valence-electron chi connectivity index (χ0n) is 11.7. The molecule has 0 spiro atoms. The highest BCUT2D eigenvalue weighted by Gasteiger charge is 2.13. The van der Waals surface area contributed by atoms with Crippen LogP contribution in [-0.2, 0) is 0 Å². The molecule has 0 bridgehead atoms. The first-order valence-corrected chi connectivity index (χ1v) is 6.99. The Balaban J connectivity index is 2.05. The SMILES string of the molecule is Cc1ccc2nccc(Nc3ccc(Cl)c([N+](=O)[O-])c3)c2c1. The Morgan fingerprint density at radius 1 is 1.18 bits per heavy atom. The fourth-order valence-electron chi connectivity index (χ4n) is 2.25. The lowest BCUT2D eigenvalue weighted by Gasteiger charge is -2.10. The lowest BCUT2D eigenvalue weighted by atomic mass is 10.1. The molecular formula is C16H12ClN3O2. The van der Waals surface area contributed by atoms with Gasteiger partial charge in [0.05, 0.1) is 10.4 Å². The van der Waals surface area contributed by atoms with E-state index in [9.17, 15) is 10.1 Å². The average Bonchev–Trinajstić information content (AvgIpc) is 2.49. The molecule has 0 atom stereocenters. The van der Waals surface area contributed by atoms with Crippen LogP contribution in [0, 0.1) is 17.0 Å². The topological polar surface area (TPSA) is 68.1 Å². The predicted molar refractivity (Wildman–Crippen MR) is 87.9 cm³/mol. The highest BCUT2D eigenvalue weighted by Crippen LogP contribution is 2.31. The fourth-order valence-corrected chi connectivity index (χ4v) is 2.44. The normalized spacial score (nSPS) is 10.6. The number of halogens is 1. The number of nitrogens with one attached hydrogen (secondary N) is 1. The van der Waals surface area contributed by atoms with Crippen LogP contribution in [0.2, 0.25) is 5.02 Å². The van der Waals surface area contributed by atoms with Crippen LogP contribution >= 0.6 is 11.6 Å². The molecule has 3 aromatic rings. The highest BCUT2D eigenvalue weighted by atomic mass is 35.5. The summed E-state index contributed by atoms with van der Waals surface area (Å²) in [5.41, 5.74) is 3.29. The van der Waals surface area contributed by atoms with Crippen LogP contribution in [0.25, 0.3) is 10.9 Å². The molecule has 110 valence electrons. The summed E-state index contributed by atoms with van der Waals surface area (Å²) >= 11 is 5.83. The molecule has 1 heterocycles. The van der Waals surface area contributed by atoms with E-state index in [1.54, 1.807) is 12.3 Å². The number of anilines is 2. The summed E-state index contributed by atoms with van der Waals surface area (Å²) in [5.74, 6) is 0. The zero-order chi connectivity index (χ0) is 15.7. The van der Waals surface area contributed by atoms with Crippen molar-refractivity contribution in [1.82, 2.24) is 4.98 Å². The Hall–Kier alpha value is -2.66. The van der Waals surface area contributed by atoms with Crippen molar-refractivity contribution in [2.75, 3.05) is 5.32 Å². The quantitative estimate of drug-likeness (QED) is 0.554. The summed E-state index contributed by atoms with van der Waals surface area (Å²) in [4.78, 5) is 14.8. The van der Waals surface area contributed by atoms with Crippen molar-refractivity contribution in [2.24, 2.45) is 0 Å². The van der Waals surface area contributed by atoms with Crippen molar-refractivity contribution in [3.8, 4) is 0 Å². The van der Waals surface area contributed by atoms with Gasteiger partial charge in [-0.05, 0) is 37.3 Å². The van der Waals surface area contributed by atoms with Crippen molar-refractivity contribution >= 4 is 39.6 Å². The summed E-state index contributed by atoms with van der Waals surface area (Å²) in [6.07, 6.45) is 1.70. The lowest BCUT2D eigenvalue weighted by Crippen LogP contribution is -1.95. The van der Waals surface area contributed by atoms with Gasteiger partial charge in [-0.15, -0.1) is 0 Å². The van der Waals surface area contributed by atoms with Crippen LogP contribution < -0.4 is 5.32 Å². The minimum absolute atomic E-state index is 0.117. The molecule has 2 aromatic carbocycles. The predicted octanol–water partition coefficient (Wildman–Crippen LogP) is 4.85. The standard InChI is InChI=1S/C16H12ClN3O2/c1-10-2-5-14-12(8-10)15(6-7-18-14)19-11-3-4-13(17)16(9-11)20(21)22/h2-9H,1H3,(H,18,19). The van der Waals surface area contributed by atoms with Gasteiger partial charge < -0.3 is 5.32 Å². The van der Waals surface area contributed by atoms with Crippen molar-refractivity contribution in [3.05, 3.63) is 69.4 Å². The molecule has 5 nitrogen and oxygen atoms in total. The number of hydrogen-bond acceptors (Lipinski definition) is 4. The first kappa shape index (κ1) is 14.3. The highest BCUT2D eigenvalue weighted by molar-refractivity contribution is 6.32. The first-order valence-electron chi connectivity index (χ1n) is 6.61. The molecular weight excluding hydrogens is 302 g/mol. The van der Waals surface area contributed by atoms with E-state index < -0.39 is 4.92 Å². The third kappa shape index (κ3) is 2.71. The van der Waals surface area contributed by atoms with Gasteiger partial charge in [-0.1, -0.05) is 23.2 Å². The van der Waals surface area contributed by atoms with Crippen LogP contribution in [0.1, 0.15) is 5.56 Å². The smallest absolute Gasteiger partial charge is 0.289 e. The molecule has 0 unspecified atom stereocenters. The summed E-state index contributed by atoms with van der Waals surface area (Å²) in [5, 5.41) is 15.2. The number of aromatic nitrogens is 1. The Morgan fingerprint density at radius 3 is 2.77 bits per heavy atom. The fraction of sp³-hybridized carbons (Fsp3) is 0.0625.